The smallest absolute Gasteiger partial charge is 0.325 e. The van der Waals surface area contributed by atoms with Crippen LogP contribution in [0.25, 0.3) is 10.1 Å². The van der Waals surface area contributed by atoms with Crippen molar-refractivity contribution in [2.75, 3.05) is 18.5 Å². The normalized spacial score (nSPS) is 10.6. The third-order valence-corrected chi connectivity index (χ3v) is 5.94. The molecule has 1 aromatic heterocycles. The monoisotopic (exact) mass is 470 g/mol. The number of carbonyl (C=O) groups excluding carboxylic acids is 3. The highest BCUT2D eigenvalue weighted by atomic mass is 35.5. The molecule has 0 aliphatic carbocycles. The summed E-state index contributed by atoms with van der Waals surface area (Å²) in [4.78, 5) is 36.3. The molecule has 0 bridgehead atoms. The van der Waals surface area contributed by atoms with Gasteiger partial charge in [0.05, 0.1) is 15.7 Å². The van der Waals surface area contributed by atoms with Crippen molar-refractivity contribution in [3.05, 3.63) is 62.4 Å². The molecule has 0 aliphatic rings. The van der Waals surface area contributed by atoms with Gasteiger partial charge in [0, 0.05) is 15.1 Å². The molecule has 150 valence electrons. The number of thiophene rings is 1. The molecule has 0 radical (unpaired) electrons. The first-order chi connectivity index (χ1) is 13.8. The van der Waals surface area contributed by atoms with Crippen molar-refractivity contribution in [3.8, 4) is 0 Å². The van der Waals surface area contributed by atoms with E-state index in [0.29, 0.717) is 25.6 Å². The first kappa shape index (κ1) is 21.4. The lowest BCUT2D eigenvalue weighted by atomic mass is 10.2. The SMILES string of the molecule is O=C(COC(=O)CNC(=O)c1sc2ccccc2c1Cl)Nc1cc(Cl)ccc1Cl. The van der Waals surface area contributed by atoms with E-state index in [1.165, 1.54) is 23.5 Å². The number of benzene rings is 2. The van der Waals surface area contributed by atoms with Gasteiger partial charge in [-0.3, -0.25) is 14.4 Å². The first-order valence-corrected chi connectivity index (χ1v) is 10.2. The van der Waals surface area contributed by atoms with Gasteiger partial charge in [0.25, 0.3) is 11.8 Å². The Morgan fingerprint density at radius 2 is 1.79 bits per heavy atom. The summed E-state index contributed by atoms with van der Waals surface area (Å²) in [5.74, 6) is -1.87. The Kier molecular flexibility index (Phi) is 6.97. The van der Waals surface area contributed by atoms with Gasteiger partial charge in [0.2, 0.25) is 0 Å². The fourth-order valence-electron chi connectivity index (χ4n) is 2.37. The molecule has 1 heterocycles. The maximum absolute atomic E-state index is 12.3. The minimum atomic E-state index is -0.775. The minimum Gasteiger partial charge on any atom is -0.454 e. The number of carbonyl (C=O) groups is 3. The van der Waals surface area contributed by atoms with E-state index in [0.717, 1.165) is 10.1 Å². The van der Waals surface area contributed by atoms with Crippen LogP contribution in [0, 0.1) is 0 Å². The highest BCUT2D eigenvalue weighted by Crippen LogP contribution is 2.34. The van der Waals surface area contributed by atoms with E-state index in [1.807, 2.05) is 24.3 Å². The summed E-state index contributed by atoms with van der Waals surface area (Å²) in [5.41, 5.74) is 0.299. The predicted octanol–water partition coefficient (Wildman–Crippen LogP) is 4.77. The van der Waals surface area contributed by atoms with Crippen LogP contribution in [-0.4, -0.2) is 30.9 Å². The van der Waals surface area contributed by atoms with Gasteiger partial charge in [0.15, 0.2) is 6.61 Å². The van der Waals surface area contributed by atoms with Gasteiger partial charge in [-0.25, -0.2) is 0 Å². The zero-order chi connectivity index (χ0) is 21.0. The Bertz CT molecular complexity index is 1100. The molecule has 0 fully saturated rings. The Morgan fingerprint density at radius 3 is 2.55 bits per heavy atom. The summed E-state index contributed by atoms with van der Waals surface area (Å²) >= 11 is 19.2. The van der Waals surface area contributed by atoms with Gasteiger partial charge < -0.3 is 15.4 Å². The molecule has 2 aromatic carbocycles. The first-order valence-electron chi connectivity index (χ1n) is 8.21. The number of hydrogen-bond donors (Lipinski definition) is 2. The lowest BCUT2D eigenvalue weighted by Crippen LogP contribution is -2.32. The van der Waals surface area contributed by atoms with E-state index in [9.17, 15) is 14.4 Å². The molecule has 2 N–H and O–H groups in total. The van der Waals surface area contributed by atoms with E-state index in [4.69, 9.17) is 39.5 Å². The van der Waals surface area contributed by atoms with Crippen LogP contribution in [0.5, 0.6) is 0 Å². The van der Waals surface area contributed by atoms with E-state index in [-0.39, 0.29) is 0 Å². The molecule has 10 heteroatoms. The summed E-state index contributed by atoms with van der Waals surface area (Å²) in [6, 6.07) is 11.9. The molecule has 29 heavy (non-hydrogen) atoms. The topological polar surface area (TPSA) is 84.5 Å². The van der Waals surface area contributed by atoms with Crippen LogP contribution in [0.4, 0.5) is 5.69 Å². The maximum atomic E-state index is 12.3. The second-order valence-corrected chi connectivity index (χ2v) is 8.03. The molecule has 0 unspecified atom stereocenters. The fourth-order valence-corrected chi connectivity index (χ4v) is 4.14. The quantitative estimate of drug-likeness (QED) is 0.507. The number of rotatable bonds is 6. The molecule has 3 aromatic rings. The van der Waals surface area contributed by atoms with E-state index < -0.39 is 30.9 Å². The van der Waals surface area contributed by atoms with Gasteiger partial charge in [-0.05, 0) is 24.3 Å². The second kappa shape index (κ2) is 9.45. The highest BCUT2D eigenvalue weighted by molar-refractivity contribution is 7.21. The van der Waals surface area contributed by atoms with Crippen molar-refractivity contribution >= 4 is 79.7 Å². The number of esters is 1. The van der Waals surface area contributed by atoms with Crippen LogP contribution in [0.1, 0.15) is 9.67 Å². The van der Waals surface area contributed by atoms with Crippen molar-refractivity contribution in [1.29, 1.82) is 0 Å². The van der Waals surface area contributed by atoms with Crippen LogP contribution >= 0.6 is 46.1 Å². The Morgan fingerprint density at radius 1 is 1.03 bits per heavy atom. The number of anilines is 1. The number of hydrogen-bond acceptors (Lipinski definition) is 5. The standard InChI is InChI=1S/C19H13Cl3N2O4S/c20-10-5-6-12(21)13(7-10)24-15(25)9-28-16(26)8-23-19(27)18-17(22)11-3-1-2-4-14(11)29-18/h1-7H,8-9H2,(H,23,27)(H,24,25). The third kappa shape index (κ3) is 5.39. The average Bonchev–Trinajstić information content (AvgIpc) is 3.04. The van der Waals surface area contributed by atoms with Crippen LogP contribution in [0.2, 0.25) is 15.1 Å². The van der Waals surface area contributed by atoms with Gasteiger partial charge in [-0.1, -0.05) is 53.0 Å². The number of nitrogens with one attached hydrogen (secondary N) is 2. The number of halogens is 3. The van der Waals surface area contributed by atoms with Crippen LogP contribution in [-0.2, 0) is 14.3 Å². The van der Waals surface area contributed by atoms with Crippen molar-refractivity contribution in [2.45, 2.75) is 0 Å². The molecular weight excluding hydrogens is 459 g/mol. The number of amides is 2. The summed E-state index contributed by atoms with van der Waals surface area (Å²) in [6.45, 7) is -0.949. The Hall–Kier alpha value is -2.32. The number of ether oxygens (including phenoxy) is 1. The molecule has 0 spiro atoms. The van der Waals surface area contributed by atoms with Crippen molar-refractivity contribution in [3.63, 3.8) is 0 Å². The summed E-state index contributed by atoms with van der Waals surface area (Å²) < 4.78 is 5.71. The lowest BCUT2D eigenvalue weighted by Gasteiger charge is -2.09. The van der Waals surface area contributed by atoms with Gasteiger partial charge in [0.1, 0.15) is 11.4 Å². The summed E-state index contributed by atoms with van der Waals surface area (Å²) in [5, 5.41) is 6.70. The van der Waals surface area contributed by atoms with Crippen molar-refractivity contribution in [1.82, 2.24) is 5.32 Å². The molecule has 0 atom stereocenters. The highest BCUT2D eigenvalue weighted by Gasteiger charge is 2.18. The molecule has 0 saturated heterocycles. The largest absolute Gasteiger partial charge is 0.454 e. The minimum absolute atomic E-state index is 0.293. The molecule has 6 nitrogen and oxygen atoms in total. The van der Waals surface area contributed by atoms with Gasteiger partial charge >= 0.3 is 5.97 Å². The van der Waals surface area contributed by atoms with Gasteiger partial charge in [-0.15, -0.1) is 11.3 Å². The zero-order valence-corrected chi connectivity index (χ0v) is 17.7. The fraction of sp³-hybridized carbons (Fsp3) is 0.105. The van der Waals surface area contributed by atoms with Crippen LogP contribution < -0.4 is 10.6 Å². The van der Waals surface area contributed by atoms with Crippen molar-refractivity contribution < 1.29 is 19.1 Å². The number of fused-ring (bicyclic) bond motifs is 1. The average molecular weight is 472 g/mol. The molecule has 0 aliphatic heterocycles. The summed E-state index contributed by atoms with van der Waals surface area (Å²) in [6.07, 6.45) is 0. The predicted molar refractivity (Wildman–Crippen MR) is 115 cm³/mol. The van der Waals surface area contributed by atoms with Crippen LogP contribution in [0.3, 0.4) is 0 Å². The van der Waals surface area contributed by atoms with Crippen LogP contribution in [0.15, 0.2) is 42.5 Å². The lowest BCUT2D eigenvalue weighted by molar-refractivity contribution is -0.146. The molecule has 3 rings (SSSR count). The van der Waals surface area contributed by atoms with Crippen molar-refractivity contribution in [2.24, 2.45) is 0 Å². The summed E-state index contributed by atoms with van der Waals surface area (Å²) in [7, 11) is 0. The molecule has 0 saturated carbocycles. The zero-order valence-electron chi connectivity index (χ0n) is 14.6. The molecule has 2 amide bonds. The molecular formula is C19H13Cl3N2O4S. The third-order valence-electron chi connectivity index (χ3n) is 3.70. The Balaban J connectivity index is 1.49. The second-order valence-electron chi connectivity index (χ2n) is 5.76. The van der Waals surface area contributed by atoms with E-state index >= 15 is 0 Å². The van der Waals surface area contributed by atoms with Gasteiger partial charge in [-0.2, -0.15) is 0 Å². The maximum Gasteiger partial charge on any atom is 0.325 e. The van der Waals surface area contributed by atoms with E-state index in [2.05, 4.69) is 10.6 Å². The Labute approximate surface area is 184 Å². The van der Waals surface area contributed by atoms with E-state index in [1.54, 1.807) is 6.07 Å².